The second-order valence-electron chi connectivity index (χ2n) is 4.49. The second-order valence-corrected chi connectivity index (χ2v) is 4.49. The number of carbonyl (C=O) groups is 1. The van der Waals surface area contributed by atoms with E-state index in [1.54, 1.807) is 20.9 Å². The lowest BCUT2D eigenvalue weighted by Crippen LogP contribution is -2.43. The maximum atomic E-state index is 11.3. The molecule has 1 heterocycles. The average Bonchev–Trinajstić information content (AvgIpc) is 2.65. The van der Waals surface area contributed by atoms with Gasteiger partial charge in [0.2, 0.25) is 5.82 Å². The zero-order valence-corrected chi connectivity index (χ0v) is 11.4. The molecular formula is C11H18N4O4. The number of aromatic nitrogens is 2. The number of nitrogens with one attached hydrogen (secondary N) is 1. The molecule has 0 aliphatic heterocycles. The Hall–Kier alpha value is -2.12. The van der Waals surface area contributed by atoms with Crippen LogP contribution in [0.25, 0.3) is 0 Å². The SMILES string of the molecule is CCc1nn(C)c(NC(C)(CC)C(=O)O)c1[N+](=O)[O-]. The Morgan fingerprint density at radius 3 is 2.53 bits per heavy atom. The Morgan fingerprint density at radius 2 is 2.16 bits per heavy atom. The van der Waals surface area contributed by atoms with E-state index in [0.29, 0.717) is 12.1 Å². The summed E-state index contributed by atoms with van der Waals surface area (Å²) in [6.07, 6.45) is 0.688. The quantitative estimate of drug-likeness (QED) is 0.599. The van der Waals surface area contributed by atoms with Gasteiger partial charge in [0, 0.05) is 7.05 Å². The number of rotatable bonds is 6. The lowest BCUT2D eigenvalue weighted by atomic mass is 9.99. The van der Waals surface area contributed by atoms with Crippen LogP contribution in [0.5, 0.6) is 0 Å². The smallest absolute Gasteiger partial charge is 0.334 e. The van der Waals surface area contributed by atoms with E-state index in [1.165, 1.54) is 11.6 Å². The van der Waals surface area contributed by atoms with Crippen LogP contribution in [-0.4, -0.2) is 31.3 Å². The molecule has 8 heteroatoms. The van der Waals surface area contributed by atoms with E-state index in [1.807, 2.05) is 0 Å². The number of nitrogens with zero attached hydrogens (tertiary/aromatic N) is 3. The average molecular weight is 270 g/mol. The van der Waals surface area contributed by atoms with E-state index < -0.39 is 16.4 Å². The fourth-order valence-corrected chi connectivity index (χ4v) is 1.69. The van der Waals surface area contributed by atoms with Crippen molar-refractivity contribution in [3.63, 3.8) is 0 Å². The molecule has 0 amide bonds. The highest BCUT2D eigenvalue weighted by Gasteiger charge is 2.36. The van der Waals surface area contributed by atoms with Gasteiger partial charge in [-0.2, -0.15) is 5.10 Å². The Balaban J connectivity index is 3.31. The summed E-state index contributed by atoms with van der Waals surface area (Å²) in [6.45, 7) is 4.94. The van der Waals surface area contributed by atoms with Crippen LogP contribution in [0.3, 0.4) is 0 Å². The van der Waals surface area contributed by atoms with Crippen molar-refractivity contribution in [1.29, 1.82) is 0 Å². The zero-order chi connectivity index (χ0) is 14.8. The first-order valence-electron chi connectivity index (χ1n) is 5.98. The molecule has 0 bridgehead atoms. The summed E-state index contributed by atoms with van der Waals surface area (Å²) in [4.78, 5) is 21.9. The highest BCUT2D eigenvalue weighted by molar-refractivity contribution is 5.83. The van der Waals surface area contributed by atoms with Crippen molar-refractivity contribution in [2.45, 2.75) is 39.2 Å². The molecule has 0 spiro atoms. The molecule has 106 valence electrons. The molecule has 0 aliphatic carbocycles. The number of anilines is 1. The molecule has 1 aromatic heterocycles. The van der Waals surface area contributed by atoms with Gasteiger partial charge >= 0.3 is 11.7 Å². The lowest BCUT2D eigenvalue weighted by Gasteiger charge is -2.25. The highest BCUT2D eigenvalue weighted by atomic mass is 16.6. The lowest BCUT2D eigenvalue weighted by molar-refractivity contribution is -0.384. The van der Waals surface area contributed by atoms with Crippen molar-refractivity contribution in [2.75, 3.05) is 5.32 Å². The molecule has 0 fully saturated rings. The van der Waals surface area contributed by atoms with Gasteiger partial charge in [0.1, 0.15) is 11.2 Å². The van der Waals surface area contributed by atoms with E-state index in [-0.39, 0.29) is 17.9 Å². The summed E-state index contributed by atoms with van der Waals surface area (Å²) in [5.41, 5.74) is -1.10. The van der Waals surface area contributed by atoms with Crippen molar-refractivity contribution >= 4 is 17.5 Å². The van der Waals surface area contributed by atoms with Crippen LogP contribution in [-0.2, 0) is 18.3 Å². The molecule has 0 aromatic carbocycles. The fraction of sp³-hybridized carbons (Fsp3) is 0.636. The zero-order valence-electron chi connectivity index (χ0n) is 11.4. The molecule has 0 radical (unpaired) electrons. The van der Waals surface area contributed by atoms with Crippen LogP contribution in [0.1, 0.15) is 32.9 Å². The molecule has 2 N–H and O–H groups in total. The van der Waals surface area contributed by atoms with Gasteiger partial charge in [-0.1, -0.05) is 13.8 Å². The Labute approximate surface area is 110 Å². The van der Waals surface area contributed by atoms with Crippen molar-refractivity contribution in [1.82, 2.24) is 9.78 Å². The standard InChI is InChI=1S/C11H18N4O4/c1-5-7-8(15(18)19)9(14(4)13-7)12-11(3,6-2)10(16)17/h12H,5-6H2,1-4H3,(H,16,17). The van der Waals surface area contributed by atoms with Crippen molar-refractivity contribution < 1.29 is 14.8 Å². The maximum absolute atomic E-state index is 11.3. The number of carboxylic acids is 1. The van der Waals surface area contributed by atoms with Gasteiger partial charge in [-0.15, -0.1) is 0 Å². The second kappa shape index (κ2) is 5.25. The molecular weight excluding hydrogens is 252 g/mol. The van der Waals surface area contributed by atoms with Gasteiger partial charge in [-0.3, -0.25) is 10.1 Å². The third-order valence-electron chi connectivity index (χ3n) is 3.18. The van der Waals surface area contributed by atoms with Crippen molar-refractivity contribution in [2.24, 2.45) is 7.05 Å². The summed E-state index contributed by atoms with van der Waals surface area (Å²) in [7, 11) is 1.55. The summed E-state index contributed by atoms with van der Waals surface area (Å²) in [5.74, 6) is -0.947. The van der Waals surface area contributed by atoms with Gasteiger partial charge in [0.25, 0.3) is 0 Å². The van der Waals surface area contributed by atoms with E-state index in [4.69, 9.17) is 0 Å². The minimum atomic E-state index is -1.27. The predicted octanol–water partition coefficient (Wildman–Crippen LogP) is 1.56. The third-order valence-corrected chi connectivity index (χ3v) is 3.18. The van der Waals surface area contributed by atoms with Gasteiger partial charge in [0.05, 0.1) is 4.92 Å². The van der Waals surface area contributed by atoms with E-state index in [0.717, 1.165) is 0 Å². The number of hydrogen-bond acceptors (Lipinski definition) is 5. The van der Waals surface area contributed by atoms with Crippen LogP contribution in [0, 0.1) is 10.1 Å². The summed E-state index contributed by atoms with van der Waals surface area (Å²) < 4.78 is 1.31. The van der Waals surface area contributed by atoms with Crippen LogP contribution >= 0.6 is 0 Å². The van der Waals surface area contributed by atoms with E-state index >= 15 is 0 Å². The predicted molar refractivity (Wildman–Crippen MR) is 69.2 cm³/mol. The number of carboxylic acid groups (broad SMARTS) is 1. The van der Waals surface area contributed by atoms with Crippen LogP contribution in [0.4, 0.5) is 11.5 Å². The van der Waals surface area contributed by atoms with Crippen LogP contribution < -0.4 is 5.32 Å². The van der Waals surface area contributed by atoms with Gasteiger partial charge < -0.3 is 10.4 Å². The molecule has 8 nitrogen and oxygen atoms in total. The first-order valence-corrected chi connectivity index (χ1v) is 5.98. The van der Waals surface area contributed by atoms with E-state index in [2.05, 4.69) is 10.4 Å². The summed E-state index contributed by atoms with van der Waals surface area (Å²) >= 11 is 0. The number of hydrogen-bond donors (Lipinski definition) is 2. The third kappa shape index (κ3) is 2.67. The molecule has 1 unspecified atom stereocenters. The molecule has 1 atom stereocenters. The fourth-order valence-electron chi connectivity index (χ4n) is 1.69. The molecule has 0 saturated carbocycles. The largest absolute Gasteiger partial charge is 0.480 e. The Kier molecular flexibility index (Phi) is 4.13. The van der Waals surface area contributed by atoms with Gasteiger partial charge in [0.15, 0.2) is 0 Å². The topological polar surface area (TPSA) is 110 Å². The van der Waals surface area contributed by atoms with Crippen molar-refractivity contribution in [3.8, 4) is 0 Å². The van der Waals surface area contributed by atoms with Crippen LogP contribution in [0.2, 0.25) is 0 Å². The van der Waals surface area contributed by atoms with Crippen molar-refractivity contribution in [3.05, 3.63) is 15.8 Å². The molecule has 19 heavy (non-hydrogen) atoms. The first kappa shape index (κ1) is 14.9. The number of aliphatic carboxylic acids is 1. The first-order chi connectivity index (χ1) is 8.76. The molecule has 1 aromatic rings. The highest BCUT2D eigenvalue weighted by Crippen LogP contribution is 2.31. The molecule has 0 aliphatic rings. The number of nitro groups is 1. The van der Waals surface area contributed by atoms with E-state index in [9.17, 15) is 20.0 Å². The normalized spacial score (nSPS) is 13.9. The number of aryl methyl sites for hydroxylation is 2. The molecule has 1 rings (SSSR count). The van der Waals surface area contributed by atoms with Gasteiger partial charge in [-0.25, -0.2) is 9.48 Å². The molecule has 0 saturated heterocycles. The maximum Gasteiger partial charge on any atom is 0.334 e. The van der Waals surface area contributed by atoms with Gasteiger partial charge in [-0.05, 0) is 19.8 Å². The van der Waals surface area contributed by atoms with Crippen LogP contribution in [0.15, 0.2) is 0 Å². The monoisotopic (exact) mass is 270 g/mol. The summed E-state index contributed by atoms with van der Waals surface area (Å²) in [5, 5.41) is 27.1. The Morgan fingerprint density at radius 1 is 1.58 bits per heavy atom. The minimum Gasteiger partial charge on any atom is -0.480 e. The minimum absolute atomic E-state index is 0.119. The Bertz CT molecular complexity index is 511. The summed E-state index contributed by atoms with van der Waals surface area (Å²) in [6, 6.07) is 0.